The lowest BCUT2D eigenvalue weighted by atomic mass is 10.1. The summed E-state index contributed by atoms with van der Waals surface area (Å²) in [5.74, 6) is 0.776. The van der Waals surface area contributed by atoms with Crippen molar-refractivity contribution in [1.82, 2.24) is 28.9 Å². The quantitative estimate of drug-likeness (QED) is 0.324. The van der Waals surface area contributed by atoms with E-state index in [1.165, 1.54) is 36.9 Å². The molecule has 0 unspecified atom stereocenters. The van der Waals surface area contributed by atoms with E-state index < -0.39 is 0 Å². The molecule has 8 heteroatoms. The van der Waals surface area contributed by atoms with Gasteiger partial charge in [0.25, 0.3) is 0 Å². The highest BCUT2D eigenvalue weighted by Gasteiger charge is 2.23. The molecule has 0 aliphatic heterocycles. The summed E-state index contributed by atoms with van der Waals surface area (Å²) in [5.41, 5.74) is 6.39. The zero-order valence-corrected chi connectivity index (χ0v) is 20.0. The number of pyridine rings is 1. The third-order valence-corrected chi connectivity index (χ3v) is 7.07. The second kappa shape index (κ2) is 8.33. The van der Waals surface area contributed by atoms with E-state index in [1.54, 1.807) is 6.33 Å². The molecule has 0 bridgehead atoms. The van der Waals surface area contributed by atoms with Gasteiger partial charge in [-0.1, -0.05) is 30.5 Å². The molecule has 4 aromatic heterocycles. The van der Waals surface area contributed by atoms with Gasteiger partial charge in [-0.15, -0.1) is 0 Å². The van der Waals surface area contributed by atoms with Crippen molar-refractivity contribution < 1.29 is 0 Å². The second-order valence-corrected chi connectivity index (χ2v) is 9.49. The average molecular weight is 472 g/mol. The molecule has 1 aromatic carbocycles. The first-order valence-electron chi connectivity index (χ1n) is 11.6. The third-order valence-electron chi connectivity index (χ3n) is 6.76. The molecule has 0 radical (unpaired) electrons. The Kier molecular flexibility index (Phi) is 5.14. The van der Waals surface area contributed by atoms with Crippen molar-refractivity contribution in [2.75, 3.05) is 5.32 Å². The maximum Gasteiger partial charge on any atom is 0.132 e. The molecular weight excluding hydrogens is 446 g/mol. The molecule has 0 spiro atoms. The molecule has 7 nitrogen and oxygen atoms in total. The molecule has 1 aliphatic rings. The Labute approximate surface area is 203 Å². The smallest absolute Gasteiger partial charge is 0.132 e. The lowest BCUT2D eigenvalue weighted by Gasteiger charge is -2.18. The standard InChI is InChI=1S/C26H26ClN7/c1-32-16-28-14-25(32)17-7-8-22(21(27)9-17)31-26-11-24-18(12-29-26)10-23(19-13-30-33(2)15-19)34(24)20-5-3-4-6-20/h7-16,20H,3-6H2,1-2H3,(H,29,31). The van der Waals surface area contributed by atoms with Crippen LogP contribution < -0.4 is 5.32 Å². The van der Waals surface area contributed by atoms with Gasteiger partial charge < -0.3 is 14.5 Å². The Hall–Kier alpha value is -3.58. The van der Waals surface area contributed by atoms with Gasteiger partial charge in [0.15, 0.2) is 0 Å². The lowest BCUT2D eigenvalue weighted by molar-refractivity contribution is 0.540. The number of nitrogens with zero attached hydrogens (tertiary/aromatic N) is 6. The number of nitrogens with one attached hydrogen (secondary N) is 1. The van der Waals surface area contributed by atoms with Crippen LogP contribution in [0.5, 0.6) is 0 Å². The summed E-state index contributed by atoms with van der Waals surface area (Å²) in [4.78, 5) is 8.89. The van der Waals surface area contributed by atoms with Gasteiger partial charge in [0.05, 0.1) is 46.3 Å². The average Bonchev–Trinajstić information content (AvgIpc) is 3.61. The number of anilines is 2. The van der Waals surface area contributed by atoms with Crippen LogP contribution in [0.1, 0.15) is 31.7 Å². The van der Waals surface area contributed by atoms with Gasteiger partial charge in [0, 0.05) is 55.1 Å². The Morgan fingerprint density at radius 1 is 0.971 bits per heavy atom. The van der Waals surface area contributed by atoms with E-state index in [2.05, 4.69) is 38.3 Å². The van der Waals surface area contributed by atoms with Gasteiger partial charge in [0.2, 0.25) is 0 Å². The van der Waals surface area contributed by atoms with Crippen molar-refractivity contribution in [3.8, 4) is 22.5 Å². The van der Waals surface area contributed by atoms with Gasteiger partial charge >= 0.3 is 0 Å². The molecule has 34 heavy (non-hydrogen) atoms. The highest BCUT2D eigenvalue weighted by Crippen LogP contribution is 2.39. The number of hydrogen-bond acceptors (Lipinski definition) is 4. The molecule has 6 rings (SSSR count). The Morgan fingerprint density at radius 3 is 2.53 bits per heavy atom. The van der Waals surface area contributed by atoms with Crippen molar-refractivity contribution in [2.24, 2.45) is 14.1 Å². The van der Waals surface area contributed by atoms with E-state index in [0.717, 1.165) is 33.7 Å². The number of fused-ring (bicyclic) bond motifs is 1. The first kappa shape index (κ1) is 21.0. The monoisotopic (exact) mass is 471 g/mol. The molecule has 0 saturated heterocycles. The van der Waals surface area contributed by atoms with Crippen LogP contribution in [0.2, 0.25) is 5.02 Å². The largest absolute Gasteiger partial charge is 0.339 e. The number of aromatic nitrogens is 6. The Morgan fingerprint density at radius 2 is 1.82 bits per heavy atom. The predicted molar refractivity (Wildman–Crippen MR) is 136 cm³/mol. The van der Waals surface area contributed by atoms with E-state index in [-0.39, 0.29) is 0 Å². The van der Waals surface area contributed by atoms with Crippen LogP contribution in [-0.4, -0.2) is 28.9 Å². The van der Waals surface area contributed by atoms with Crippen LogP contribution >= 0.6 is 11.6 Å². The van der Waals surface area contributed by atoms with Gasteiger partial charge in [0.1, 0.15) is 5.82 Å². The summed E-state index contributed by atoms with van der Waals surface area (Å²) in [6.45, 7) is 0. The Bertz CT molecular complexity index is 1490. The normalized spacial score (nSPS) is 14.3. The van der Waals surface area contributed by atoms with E-state index in [9.17, 15) is 0 Å². The van der Waals surface area contributed by atoms with Crippen LogP contribution in [0.25, 0.3) is 33.4 Å². The first-order chi connectivity index (χ1) is 16.6. The number of benzene rings is 1. The van der Waals surface area contributed by atoms with Gasteiger partial charge in [-0.3, -0.25) is 4.68 Å². The predicted octanol–water partition coefficient (Wildman–Crippen LogP) is 6.35. The van der Waals surface area contributed by atoms with Crippen LogP contribution in [0.3, 0.4) is 0 Å². The van der Waals surface area contributed by atoms with Gasteiger partial charge in [-0.25, -0.2) is 9.97 Å². The number of halogens is 1. The molecule has 1 saturated carbocycles. The number of aryl methyl sites for hydroxylation is 2. The number of rotatable bonds is 5. The van der Waals surface area contributed by atoms with E-state index in [4.69, 9.17) is 16.6 Å². The molecule has 1 fully saturated rings. The molecule has 172 valence electrons. The minimum Gasteiger partial charge on any atom is -0.339 e. The maximum atomic E-state index is 6.65. The molecule has 0 atom stereocenters. The summed E-state index contributed by atoms with van der Waals surface area (Å²) in [6.07, 6.45) is 14.5. The summed E-state index contributed by atoms with van der Waals surface area (Å²) >= 11 is 6.65. The van der Waals surface area contributed by atoms with Crippen molar-refractivity contribution >= 4 is 34.0 Å². The zero-order chi connectivity index (χ0) is 23.2. The third kappa shape index (κ3) is 3.66. The highest BCUT2D eigenvalue weighted by molar-refractivity contribution is 6.33. The van der Waals surface area contributed by atoms with Crippen molar-refractivity contribution in [3.63, 3.8) is 0 Å². The molecule has 4 heterocycles. The summed E-state index contributed by atoms with van der Waals surface area (Å²) in [6, 6.07) is 10.9. The van der Waals surface area contributed by atoms with Crippen LogP contribution in [-0.2, 0) is 14.1 Å². The van der Waals surface area contributed by atoms with Crippen molar-refractivity contribution in [1.29, 1.82) is 0 Å². The van der Waals surface area contributed by atoms with Crippen molar-refractivity contribution in [3.05, 3.63) is 66.5 Å². The second-order valence-electron chi connectivity index (χ2n) is 9.08. The molecular formula is C26H26ClN7. The molecule has 1 aliphatic carbocycles. The van der Waals surface area contributed by atoms with E-state index in [1.807, 2.05) is 60.1 Å². The SMILES string of the molecule is Cn1cc(-c2cc3cnc(Nc4ccc(-c5cncn5C)cc4Cl)cc3n2C2CCCC2)cn1. The fourth-order valence-electron chi connectivity index (χ4n) is 5.07. The summed E-state index contributed by atoms with van der Waals surface area (Å²) in [5, 5.41) is 9.60. The van der Waals surface area contributed by atoms with Gasteiger partial charge in [-0.05, 0) is 31.0 Å². The zero-order valence-electron chi connectivity index (χ0n) is 19.2. The lowest BCUT2D eigenvalue weighted by Crippen LogP contribution is -2.06. The Balaban J connectivity index is 1.38. The molecule has 1 N–H and O–H groups in total. The minimum atomic E-state index is 0.490. The van der Waals surface area contributed by atoms with Crippen LogP contribution in [0.15, 0.2) is 61.4 Å². The fraction of sp³-hybridized carbons (Fsp3) is 0.269. The summed E-state index contributed by atoms with van der Waals surface area (Å²) in [7, 11) is 3.93. The van der Waals surface area contributed by atoms with Crippen LogP contribution in [0, 0.1) is 0 Å². The molecule has 0 amide bonds. The topological polar surface area (TPSA) is 65.5 Å². The minimum absolute atomic E-state index is 0.490. The number of hydrogen-bond donors (Lipinski definition) is 1. The van der Waals surface area contributed by atoms with Crippen LogP contribution in [0.4, 0.5) is 11.5 Å². The highest BCUT2D eigenvalue weighted by atomic mass is 35.5. The fourth-order valence-corrected chi connectivity index (χ4v) is 5.30. The summed E-state index contributed by atoms with van der Waals surface area (Å²) < 4.78 is 6.32. The first-order valence-corrected chi connectivity index (χ1v) is 12.0. The van der Waals surface area contributed by atoms with E-state index >= 15 is 0 Å². The molecule has 5 aromatic rings. The van der Waals surface area contributed by atoms with E-state index in [0.29, 0.717) is 11.1 Å². The van der Waals surface area contributed by atoms with Crippen molar-refractivity contribution in [2.45, 2.75) is 31.7 Å². The number of imidazole rings is 1. The maximum absolute atomic E-state index is 6.65. The van der Waals surface area contributed by atoms with Gasteiger partial charge in [-0.2, -0.15) is 5.10 Å².